The highest BCUT2D eigenvalue weighted by Gasteiger charge is 2.22. The van der Waals surface area contributed by atoms with Gasteiger partial charge < -0.3 is 9.47 Å². The van der Waals surface area contributed by atoms with Crippen molar-refractivity contribution in [3.05, 3.63) is 22.2 Å². The number of ether oxygens (including phenoxy) is 2. The van der Waals surface area contributed by atoms with E-state index >= 15 is 0 Å². The standard InChI is InChI=1S/C10H9ClO3/c1-5-9(6(2)12)7(11)3-8-10(5)14-4-13-8/h3H,4H2,1-2H3. The maximum absolute atomic E-state index is 11.3. The van der Waals surface area contributed by atoms with E-state index in [2.05, 4.69) is 0 Å². The van der Waals surface area contributed by atoms with Crippen LogP contribution in [0.3, 0.4) is 0 Å². The molecule has 0 atom stereocenters. The van der Waals surface area contributed by atoms with E-state index in [4.69, 9.17) is 21.1 Å². The number of ketones is 1. The third-order valence-corrected chi connectivity index (χ3v) is 2.50. The molecule has 1 aliphatic heterocycles. The molecule has 1 aromatic rings. The highest BCUT2D eigenvalue weighted by atomic mass is 35.5. The van der Waals surface area contributed by atoms with Crippen LogP contribution < -0.4 is 9.47 Å². The van der Waals surface area contributed by atoms with Crippen molar-refractivity contribution >= 4 is 17.4 Å². The van der Waals surface area contributed by atoms with Crippen LogP contribution in [-0.4, -0.2) is 12.6 Å². The van der Waals surface area contributed by atoms with Gasteiger partial charge in [0.15, 0.2) is 17.3 Å². The Labute approximate surface area is 86.6 Å². The smallest absolute Gasteiger partial charge is 0.231 e. The molecule has 0 aliphatic carbocycles. The fourth-order valence-electron chi connectivity index (χ4n) is 1.60. The maximum Gasteiger partial charge on any atom is 0.231 e. The monoisotopic (exact) mass is 212 g/mol. The zero-order valence-electron chi connectivity index (χ0n) is 7.89. The quantitative estimate of drug-likeness (QED) is 0.672. The summed E-state index contributed by atoms with van der Waals surface area (Å²) < 4.78 is 10.4. The first-order valence-corrected chi connectivity index (χ1v) is 4.58. The zero-order valence-corrected chi connectivity index (χ0v) is 8.64. The molecule has 0 spiro atoms. The molecular formula is C10H9ClO3. The second-order valence-corrected chi connectivity index (χ2v) is 3.56. The average Bonchev–Trinajstić information content (AvgIpc) is 2.50. The van der Waals surface area contributed by atoms with E-state index in [1.807, 2.05) is 0 Å². The summed E-state index contributed by atoms with van der Waals surface area (Å²) in [5.41, 5.74) is 1.26. The molecule has 0 fully saturated rings. The Bertz CT molecular complexity index is 412. The highest BCUT2D eigenvalue weighted by molar-refractivity contribution is 6.34. The van der Waals surface area contributed by atoms with Crippen molar-refractivity contribution in [1.29, 1.82) is 0 Å². The number of Topliss-reactive ketones (excluding diaryl/α,β-unsaturated/α-hetero) is 1. The van der Waals surface area contributed by atoms with Crippen LogP contribution >= 0.6 is 11.6 Å². The van der Waals surface area contributed by atoms with Gasteiger partial charge in [0.05, 0.1) is 5.02 Å². The van der Waals surface area contributed by atoms with E-state index in [0.717, 1.165) is 5.56 Å². The van der Waals surface area contributed by atoms with Gasteiger partial charge in [0, 0.05) is 17.2 Å². The topological polar surface area (TPSA) is 35.5 Å². The first-order chi connectivity index (χ1) is 6.61. The zero-order chi connectivity index (χ0) is 10.3. The molecule has 0 saturated heterocycles. The predicted molar refractivity (Wildman–Crippen MR) is 52.3 cm³/mol. The van der Waals surface area contributed by atoms with Gasteiger partial charge in [-0.2, -0.15) is 0 Å². The number of halogens is 1. The summed E-state index contributed by atoms with van der Waals surface area (Å²) in [6, 6.07) is 1.62. The van der Waals surface area contributed by atoms with Gasteiger partial charge in [-0.15, -0.1) is 0 Å². The van der Waals surface area contributed by atoms with Crippen LogP contribution in [0.4, 0.5) is 0 Å². The molecule has 2 rings (SSSR count). The van der Waals surface area contributed by atoms with Crippen molar-refractivity contribution < 1.29 is 14.3 Å². The lowest BCUT2D eigenvalue weighted by Gasteiger charge is -2.07. The minimum Gasteiger partial charge on any atom is -0.454 e. The van der Waals surface area contributed by atoms with E-state index < -0.39 is 0 Å². The van der Waals surface area contributed by atoms with E-state index in [0.29, 0.717) is 22.1 Å². The molecule has 0 aromatic heterocycles. The molecule has 1 aromatic carbocycles. The predicted octanol–water partition coefficient (Wildman–Crippen LogP) is 2.58. The number of benzene rings is 1. The van der Waals surface area contributed by atoms with Crippen molar-refractivity contribution in [3.63, 3.8) is 0 Å². The molecule has 4 heteroatoms. The molecule has 14 heavy (non-hydrogen) atoms. The number of hydrogen-bond acceptors (Lipinski definition) is 3. The summed E-state index contributed by atoms with van der Waals surface area (Å²) in [4.78, 5) is 11.3. The molecule has 3 nitrogen and oxygen atoms in total. The molecule has 1 aliphatic rings. The normalized spacial score (nSPS) is 13.1. The average molecular weight is 213 g/mol. The lowest BCUT2D eigenvalue weighted by atomic mass is 10.0. The molecule has 0 saturated carbocycles. The largest absolute Gasteiger partial charge is 0.454 e. The molecule has 0 amide bonds. The number of carbonyl (C=O) groups excluding carboxylic acids is 1. The Hall–Kier alpha value is -1.22. The minimum atomic E-state index is -0.0641. The van der Waals surface area contributed by atoms with Crippen LogP contribution in [0.1, 0.15) is 22.8 Å². The van der Waals surface area contributed by atoms with Crippen LogP contribution in [0, 0.1) is 6.92 Å². The Kier molecular flexibility index (Phi) is 2.11. The van der Waals surface area contributed by atoms with Gasteiger partial charge in [0.1, 0.15) is 0 Å². The Morgan fingerprint density at radius 2 is 2.21 bits per heavy atom. The fourth-order valence-corrected chi connectivity index (χ4v) is 1.97. The van der Waals surface area contributed by atoms with Crippen LogP contribution in [0.15, 0.2) is 6.07 Å². The van der Waals surface area contributed by atoms with Crippen molar-refractivity contribution in [2.24, 2.45) is 0 Å². The summed E-state index contributed by atoms with van der Waals surface area (Å²) in [7, 11) is 0. The molecule has 0 unspecified atom stereocenters. The van der Waals surface area contributed by atoms with Gasteiger partial charge in [0.2, 0.25) is 6.79 Å². The van der Waals surface area contributed by atoms with Crippen LogP contribution in [0.2, 0.25) is 5.02 Å². The number of hydrogen-bond donors (Lipinski definition) is 0. The van der Waals surface area contributed by atoms with Crippen LogP contribution in [-0.2, 0) is 0 Å². The van der Waals surface area contributed by atoms with Gasteiger partial charge >= 0.3 is 0 Å². The summed E-state index contributed by atoms with van der Waals surface area (Å²) in [5.74, 6) is 1.17. The van der Waals surface area contributed by atoms with E-state index in [-0.39, 0.29) is 12.6 Å². The third kappa shape index (κ3) is 1.24. The first kappa shape index (κ1) is 9.34. The summed E-state index contributed by atoms with van der Waals surface area (Å²) >= 11 is 5.95. The van der Waals surface area contributed by atoms with Gasteiger partial charge in [-0.3, -0.25) is 4.79 Å². The van der Waals surface area contributed by atoms with Crippen LogP contribution in [0.5, 0.6) is 11.5 Å². The van der Waals surface area contributed by atoms with Crippen LogP contribution in [0.25, 0.3) is 0 Å². The second kappa shape index (κ2) is 3.17. The SMILES string of the molecule is CC(=O)c1c(Cl)cc2c(c1C)OCO2. The van der Waals surface area contributed by atoms with Crippen molar-refractivity contribution in [1.82, 2.24) is 0 Å². The molecule has 74 valence electrons. The van der Waals surface area contributed by atoms with E-state index in [1.54, 1.807) is 13.0 Å². The fraction of sp³-hybridized carbons (Fsp3) is 0.300. The third-order valence-electron chi connectivity index (χ3n) is 2.21. The van der Waals surface area contributed by atoms with Crippen molar-refractivity contribution in [2.75, 3.05) is 6.79 Å². The molecule has 1 heterocycles. The molecule has 0 N–H and O–H groups in total. The lowest BCUT2D eigenvalue weighted by molar-refractivity contribution is 0.101. The lowest BCUT2D eigenvalue weighted by Crippen LogP contribution is -1.98. The first-order valence-electron chi connectivity index (χ1n) is 4.21. The van der Waals surface area contributed by atoms with Gasteiger partial charge in [-0.25, -0.2) is 0 Å². The summed E-state index contributed by atoms with van der Waals surface area (Å²) in [6.07, 6.45) is 0. The van der Waals surface area contributed by atoms with Gasteiger partial charge in [-0.05, 0) is 13.8 Å². The van der Waals surface area contributed by atoms with Crippen molar-refractivity contribution in [3.8, 4) is 11.5 Å². The second-order valence-electron chi connectivity index (χ2n) is 3.15. The minimum absolute atomic E-state index is 0.0641. The highest BCUT2D eigenvalue weighted by Crippen LogP contribution is 2.40. The Morgan fingerprint density at radius 3 is 2.86 bits per heavy atom. The van der Waals surface area contributed by atoms with Gasteiger partial charge in [0.25, 0.3) is 0 Å². The number of carbonyl (C=O) groups is 1. The Morgan fingerprint density at radius 1 is 1.50 bits per heavy atom. The molecule has 0 radical (unpaired) electrons. The summed E-state index contributed by atoms with van der Waals surface area (Å²) in [6.45, 7) is 3.47. The maximum atomic E-state index is 11.3. The molecule has 0 bridgehead atoms. The van der Waals surface area contributed by atoms with Crippen molar-refractivity contribution in [2.45, 2.75) is 13.8 Å². The summed E-state index contributed by atoms with van der Waals surface area (Å²) in [5, 5.41) is 0.416. The Balaban J connectivity index is 2.68. The number of rotatable bonds is 1. The van der Waals surface area contributed by atoms with E-state index in [9.17, 15) is 4.79 Å². The molecular weight excluding hydrogens is 204 g/mol. The van der Waals surface area contributed by atoms with E-state index in [1.165, 1.54) is 6.92 Å². The number of fused-ring (bicyclic) bond motifs is 1. The van der Waals surface area contributed by atoms with Gasteiger partial charge in [-0.1, -0.05) is 11.6 Å².